The van der Waals surface area contributed by atoms with Crippen molar-refractivity contribution in [1.29, 1.82) is 0 Å². The van der Waals surface area contributed by atoms with Crippen molar-refractivity contribution in [2.45, 2.75) is 26.4 Å². The molecule has 0 bridgehead atoms. The van der Waals surface area contributed by atoms with Crippen LogP contribution in [0.3, 0.4) is 0 Å². The first-order valence-electron chi connectivity index (χ1n) is 3.84. The van der Waals surface area contributed by atoms with Crippen molar-refractivity contribution in [2.75, 3.05) is 0 Å². The number of ether oxygens (including phenoxy) is 1. The van der Waals surface area contributed by atoms with Gasteiger partial charge in [-0.3, -0.25) is 4.39 Å². The van der Waals surface area contributed by atoms with Gasteiger partial charge in [0.1, 0.15) is 0 Å². The first kappa shape index (κ1) is 16.6. The van der Waals surface area contributed by atoms with Crippen LogP contribution in [0.2, 0.25) is 0 Å². The summed E-state index contributed by atoms with van der Waals surface area (Å²) in [6.07, 6.45) is 0. The Morgan fingerprint density at radius 1 is 1.36 bits per heavy atom. The number of rotatable bonds is 1. The number of hydrogen-bond acceptors (Lipinski definition) is 1. The Labute approximate surface area is 111 Å². The van der Waals surface area contributed by atoms with Gasteiger partial charge in [-0.2, -0.15) is 12.1 Å². The van der Waals surface area contributed by atoms with Crippen LogP contribution >= 0.6 is 0 Å². The maximum Gasteiger partial charge on any atom is 2.00 e. The third-order valence-corrected chi connectivity index (χ3v) is 1.19. The largest absolute Gasteiger partial charge is 2.00 e. The molecule has 1 aromatic carbocycles. The van der Waals surface area contributed by atoms with Crippen LogP contribution < -0.4 is 21.7 Å². The molecule has 0 unspecified atom stereocenters. The molecule has 0 atom stereocenters. The van der Waals surface area contributed by atoms with E-state index in [2.05, 4.69) is 6.07 Å². The summed E-state index contributed by atoms with van der Waals surface area (Å²) in [6, 6.07) is 7.10. The molecular weight excluding hydrogens is 259 g/mol. The van der Waals surface area contributed by atoms with E-state index in [0.29, 0.717) is 0 Å². The average Bonchev–Trinajstić information content (AvgIpc) is 1.91. The van der Waals surface area contributed by atoms with E-state index in [4.69, 9.17) is 4.74 Å². The monoisotopic (exact) mass is 270 g/mol. The van der Waals surface area contributed by atoms with Crippen molar-refractivity contribution in [3.63, 3.8) is 0 Å². The molecule has 0 saturated heterocycles. The first-order valence-corrected chi connectivity index (χ1v) is 3.84. The summed E-state index contributed by atoms with van der Waals surface area (Å²) in [7, 11) is 0. The average molecular weight is 271 g/mol. The SMILES string of the molecule is CC(C)(C)Oc1cc[c-]cc1F.[Br-].[Mg+2]. The van der Waals surface area contributed by atoms with Crippen molar-refractivity contribution in [3.8, 4) is 5.75 Å². The molecular formula is C10H12BrFMgO. The van der Waals surface area contributed by atoms with Gasteiger partial charge in [0.25, 0.3) is 0 Å². The van der Waals surface area contributed by atoms with Gasteiger partial charge in [0.15, 0.2) is 0 Å². The second-order valence-corrected chi connectivity index (χ2v) is 3.57. The number of hydrogen-bond donors (Lipinski definition) is 0. The van der Waals surface area contributed by atoms with Crippen LogP contribution in [0.5, 0.6) is 5.75 Å². The molecule has 14 heavy (non-hydrogen) atoms. The predicted octanol–water partition coefficient (Wildman–Crippen LogP) is -0.574. The fraction of sp³-hybridized carbons (Fsp3) is 0.400. The zero-order valence-electron chi connectivity index (χ0n) is 8.60. The topological polar surface area (TPSA) is 9.23 Å². The van der Waals surface area contributed by atoms with E-state index in [0.717, 1.165) is 0 Å². The van der Waals surface area contributed by atoms with E-state index < -0.39 is 0 Å². The van der Waals surface area contributed by atoms with Gasteiger partial charge in [-0.15, -0.1) is 12.1 Å². The number of halogens is 2. The first-order chi connectivity index (χ1) is 5.49. The molecule has 0 radical (unpaired) electrons. The van der Waals surface area contributed by atoms with Crippen molar-refractivity contribution >= 4 is 23.1 Å². The van der Waals surface area contributed by atoms with E-state index in [-0.39, 0.29) is 57.2 Å². The summed E-state index contributed by atoms with van der Waals surface area (Å²) in [5.41, 5.74) is -0.359. The van der Waals surface area contributed by atoms with Gasteiger partial charge in [-0.1, -0.05) is 0 Å². The summed E-state index contributed by atoms with van der Waals surface area (Å²) in [6.45, 7) is 5.63. The van der Waals surface area contributed by atoms with Crippen LogP contribution in [-0.2, 0) is 0 Å². The molecule has 0 aliphatic carbocycles. The molecule has 74 valence electrons. The Morgan fingerprint density at radius 2 is 1.93 bits per heavy atom. The zero-order chi connectivity index (χ0) is 9.19. The van der Waals surface area contributed by atoms with E-state index in [1.54, 1.807) is 12.1 Å². The Kier molecular flexibility index (Phi) is 7.88. The molecule has 0 saturated carbocycles. The van der Waals surface area contributed by atoms with E-state index in [1.807, 2.05) is 20.8 Å². The van der Waals surface area contributed by atoms with E-state index in [9.17, 15) is 4.39 Å². The Balaban J connectivity index is 0. The summed E-state index contributed by atoms with van der Waals surface area (Å²) in [5.74, 6) is -0.0892. The minimum absolute atomic E-state index is 0. The summed E-state index contributed by atoms with van der Waals surface area (Å²) in [4.78, 5) is 0. The Hall–Kier alpha value is 0.196. The molecule has 1 nitrogen and oxygen atoms in total. The van der Waals surface area contributed by atoms with E-state index in [1.165, 1.54) is 6.07 Å². The molecule has 0 N–H and O–H groups in total. The van der Waals surface area contributed by atoms with Crippen molar-refractivity contribution in [2.24, 2.45) is 0 Å². The van der Waals surface area contributed by atoms with Crippen molar-refractivity contribution in [1.82, 2.24) is 0 Å². The fourth-order valence-corrected chi connectivity index (χ4v) is 0.808. The maximum absolute atomic E-state index is 13.0. The van der Waals surface area contributed by atoms with E-state index >= 15 is 0 Å². The summed E-state index contributed by atoms with van der Waals surface area (Å²) >= 11 is 0. The standard InChI is InChI=1S/C10H12FO.BrH.Mg/c1-10(2,3)12-9-7-5-4-6-8(9)11;;/h5-7H,1-3H3;1H;/q-1;;+2/p-1. The molecule has 0 aromatic heterocycles. The van der Waals surface area contributed by atoms with Crippen LogP contribution in [0.25, 0.3) is 0 Å². The van der Waals surface area contributed by atoms with Gasteiger partial charge in [-0.25, -0.2) is 0 Å². The van der Waals surface area contributed by atoms with Gasteiger partial charge in [0, 0.05) is 11.6 Å². The summed E-state index contributed by atoms with van der Waals surface area (Å²) < 4.78 is 18.3. The smallest absolute Gasteiger partial charge is 1.00 e. The van der Waals surface area contributed by atoms with Crippen molar-refractivity contribution in [3.05, 3.63) is 30.1 Å². The second kappa shape index (κ2) is 6.64. The second-order valence-electron chi connectivity index (χ2n) is 3.57. The number of benzene rings is 1. The van der Waals surface area contributed by atoms with Crippen LogP contribution in [-0.4, -0.2) is 28.7 Å². The molecule has 0 aliphatic heterocycles. The molecule has 0 aliphatic rings. The van der Waals surface area contributed by atoms with Crippen LogP contribution in [0.15, 0.2) is 18.2 Å². The minimum Gasteiger partial charge on any atom is -1.00 e. The van der Waals surface area contributed by atoms with Crippen LogP contribution in [0, 0.1) is 11.9 Å². The van der Waals surface area contributed by atoms with Crippen LogP contribution in [0.4, 0.5) is 4.39 Å². The molecule has 1 aromatic rings. The Morgan fingerprint density at radius 3 is 2.36 bits per heavy atom. The minimum atomic E-state index is -0.368. The third kappa shape index (κ3) is 5.83. The van der Waals surface area contributed by atoms with Gasteiger partial charge >= 0.3 is 23.1 Å². The van der Waals surface area contributed by atoms with Crippen molar-refractivity contribution < 1.29 is 26.1 Å². The zero-order valence-corrected chi connectivity index (χ0v) is 11.6. The van der Waals surface area contributed by atoms with Crippen LogP contribution in [0.1, 0.15) is 20.8 Å². The Bertz CT molecular complexity index is 273. The molecule has 0 amide bonds. The van der Waals surface area contributed by atoms with Gasteiger partial charge in [0.05, 0.1) is 5.60 Å². The van der Waals surface area contributed by atoms with Gasteiger partial charge in [-0.05, 0) is 20.8 Å². The molecule has 0 heterocycles. The fourth-order valence-electron chi connectivity index (χ4n) is 0.808. The van der Waals surface area contributed by atoms with Gasteiger partial charge in [0.2, 0.25) is 0 Å². The molecule has 1 rings (SSSR count). The molecule has 0 spiro atoms. The third-order valence-electron chi connectivity index (χ3n) is 1.19. The van der Waals surface area contributed by atoms with Gasteiger partial charge < -0.3 is 21.7 Å². The molecule has 4 heteroatoms. The summed E-state index contributed by atoms with van der Waals surface area (Å²) in [5, 5.41) is 0. The normalized spacial score (nSPS) is 9.71. The maximum atomic E-state index is 13.0. The quantitative estimate of drug-likeness (QED) is 0.491. The predicted molar refractivity (Wildman–Crippen MR) is 51.4 cm³/mol. The molecule has 0 fully saturated rings.